The molecule has 4 heterocycles. The number of alkyl halides is 3. The molecule has 2 aromatic rings. The molecular weight excluding hydrogens is 503 g/mol. The number of aromatic nitrogens is 2. The van der Waals surface area contributed by atoms with E-state index >= 15 is 0 Å². The van der Waals surface area contributed by atoms with Gasteiger partial charge < -0.3 is 9.80 Å². The van der Waals surface area contributed by atoms with Crippen molar-refractivity contribution in [3.05, 3.63) is 51.8 Å². The van der Waals surface area contributed by atoms with Crippen LogP contribution in [0.2, 0.25) is 5.02 Å². The second-order valence-electron chi connectivity index (χ2n) is 11.3. The lowest BCUT2D eigenvalue weighted by atomic mass is 9.95. The molecule has 37 heavy (non-hydrogen) atoms. The van der Waals surface area contributed by atoms with Gasteiger partial charge in [0.25, 0.3) is 0 Å². The van der Waals surface area contributed by atoms with Gasteiger partial charge >= 0.3 is 6.18 Å². The molecule has 2 unspecified atom stereocenters. The summed E-state index contributed by atoms with van der Waals surface area (Å²) in [5.41, 5.74) is 1.40. The zero-order chi connectivity index (χ0) is 26.1. The van der Waals surface area contributed by atoms with Gasteiger partial charge in [-0.25, -0.2) is 0 Å². The predicted octanol–water partition coefficient (Wildman–Crippen LogP) is 4.86. The number of likely N-dealkylation sites (N-methyl/N-ethyl adjacent to an activating group) is 1. The average Bonchev–Trinajstić information content (AvgIpc) is 3.35. The van der Waals surface area contributed by atoms with Gasteiger partial charge in [0.15, 0.2) is 0 Å². The molecule has 4 fully saturated rings. The summed E-state index contributed by atoms with van der Waals surface area (Å²) < 4.78 is 42.4. The Bertz CT molecular complexity index is 1180. The van der Waals surface area contributed by atoms with Crippen LogP contribution in [0, 0.1) is 6.92 Å². The van der Waals surface area contributed by atoms with Crippen molar-refractivity contribution in [3.63, 3.8) is 0 Å². The maximum Gasteiger partial charge on any atom is 0.433 e. The third-order valence-corrected chi connectivity index (χ3v) is 9.22. The van der Waals surface area contributed by atoms with Crippen LogP contribution >= 0.6 is 11.6 Å². The molecule has 1 aromatic carbocycles. The normalized spacial score (nSPS) is 28.9. The Hall–Kier alpha value is -2.10. The molecule has 0 radical (unpaired) electrons. The van der Waals surface area contributed by atoms with Crippen LogP contribution in [0.15, 0.2) is 24.3 Å². The molecule has 0 spiro atoms. The number of rotatable bonds is 5. The quantitative estimate of drug-likeness (QED) is 0.548. The van der Waals surface area contributed by atoms with Crippen molar-refractivity contribution in [1.82, 2.24) is 24.5 Å². The number of aryl methyl sites for hydroxylation is 1. The summed E-state index contributed by atoms with van der Waals surface area (Å²) >= 11 is 6.82. The Kier molecular flexibility index (Phi) is 6.31. The van der Waals surface area contributed by atoms with E-state index in [4.69, 9.17) is 11.6 Å². The molecular formula is C27H33ClF3N5O. The van der Waals surface area contributed by atoms with Crippen LogP contribution in [0.5, 0.6) is 0 Å². The van der Waals surface area contributed by atoms with Gasteiger partial charge in [-0.05, 0) is 63.3 Å². The number of hydrogen-bond acceptors (Lipinski definition) is 4. The van der Waals surface area contributed by atoms with Crippen LogP contribution in [0.25, 0.3) is 0 Å². The van der Waals surface area contributed by atoms with Crippen LogP contribution in [0.1, 0.15) is 66.6 Å². The number of hydrogen-bond donors (Lipinski definition) is 0. The third-order valence-electron chi connectivity index (χ3n) is 8.70. The van der Waals surface area contributed by atoms with E-state index in [-0.39, 0.29) is 23.9 Å². The van der Waals surface area contributed by atoms with Crippen LogP contribution < -0.4 is 0 Å². The van der Waals surface area contributed by atoms with E-state index in [2.05, 4.69) is 21.9 Å². The Morgan fingerprint density at radius 3 is 2.46 bits per heavy atom. The standard InChI is InChI=1S/C27H33ClF3N5O/c1-16-4-3-5-20(25(16)28)26-22(36-18-8-9-19(36)14-33(2)13-18)10-11-34(26)24(37)15-35-23(27(29,30)31)12-21(32-35)17-6-7-17/h3-5,12,17-19,22,26H,6-11,13-15H2,1-2H3/t18?,19?,22-,26-/m1/s1. The molecule has 1 aromatic heterocycles. The molecule has 10 heteroatoms. The first kappa shape index (κ1) is 25.2. The number of carbonyl (C=O) groups excluding carboxylic acids is 1. The van der Waals surface area contributed by atoms with Gasteiger partial charge in [-0.1, -0.05) is 29.8 Å². The minimum absolute atomic E-state index is 0.0696. The van der Waals surface area contributed by atoms with Gasteiger partial charge in [0.1, 0.15) is 12.2 Å². The van der Waals surface area contributed by atoms with Crippen molar-refractivity contribution in [2.75, 3.05) is 26.7 Å². The predicted molar refractivity (Wildman–Crippen MR) is 134 cm³/mol. The largest absolute Gasteiger partial charge is 0.433 e. The molecule has 1 saturated carbocycles. The van der Waals surface area contributed by atoms with Crippen LogP contribution in [-0.4, -0.2) is 75.2 Å². The minimum Gasteiger partial charge on any atom is -0.332 e. The van der Waals surface area contributed by atoms with E-state index in [0.717, 1.165) is 67.1 Å². The van der Waals surface area contributed by atoms with E-state index < -0.39 is 18.4 Å². The van der Waals surface area contributed by atoms with E-state index in [9.17, 15) is 18.0 Å². The maximum atomic E-state index is 13.8. The van der Waals surface area contributed by atoms with E-state index in [1.54, 1.807) is 4.90 Å². The first-order valence-electron chi connectivity index (χ1n) is 13.3. The maximum absolute atomic E-state index is 13.8. The van der Waals surface area contributed by atoms with Crippen LogP contribution in [0.3, 0.4) is 0 Å². The SMILES string of the molecule is Cc1cccc([C@@H]2[C@H](N3C4CCC3CN(C)C4)CCN2C(=O)Cn2nc(C3CC3)cc2C(F)(F)F)c1Cl. The molecule has 3 aliphatic heterocycles. The summed E-state index contributed by atoms with van der Waals surface area (Å²) in [6, 6.07) is 7.59. The lowest BCUT2D eigenvalue weighted by Crippen LogP contribution is -2.57. The number of fused-ring (bicyclic) bond motifs is 2. The number of halogens is 4. The number of piperazine rings is 1. The Morgan fingerprint density at radius 1 is 1.11 bits per heavy atom. The highest BCUT2D eigenvalue weighted by atomic mass is 35.5. The average molecular weight is 536 g/mol. The van der Waals surface area contributed by atoms with Gasteiger partial charge in [0.2, 0.25) is 5.91 Å². The van der Waals surface area contributed by atoms with Gasteiger partial charge in [0, 0.05) is 48.7 Å². The molecule has 0 N–H and O–H groups in total. The van der Waals surface area contributed by atoms with E-state index in [0.29, 0.717) is 29.3 Å². The van der Waals surface area contributed by atoms with Gasteiger partial charge in [-0.2, -0.15) is 18.3 Å². The summed E-state index contributed by atoms with van der Waals surface area (Å²) in [4.78, 5) is 20.5. The Balaban J connectivity index is 1.33. The van der Waals surface area contributed by atoms with Gasteiger partial charge in [-0.3, -0.25) is 14.4 Å². The van der Waals surface area contributed by atoms with Crippen molar-refractivity contribution in [2.24, 2.45) is 0 Å². The fraction of sp³-hybridized carbons (Fsp3) is 0.630. The summed E-state index contributed by atoms with van der Waals surface area (Å²) in [5, 5.41) is 4.87. The summed E-state index contributed by atoms with van der Waals surface area (Å²) in [6.45, 7) is 3.98. The molecule has 4 aliphatic rings. The topological polar surface area (TPSA) is 44.6 Å². The molecule has 200 valence electrons. The summed E-state index contributed by atoms with van der Waals surface area (Å²) in [5.74, 6) is -0.275. The molecule has 6 nitrogen and oxygen atoms in total. The summed E-state index contributed by atoms with van der Waals surface area (Å²) in [7, 11) is 2.15. The van der Waals surface area contributed by atoms with Crippen molar-refractivity contribution < 1.29 is 18.0 Å². The smallest absolute Gasteiger partial charge is 0.332 e. The lowest BCUT2D eigenvalue weighted by molar-refractivity contribution is -0.146. The van der Waals surface area contributed by atoms with Crippen molar-refractivity contribution in [2.45, 2.75) is 81.8 Å². The lowest BCUT2D eigenvalue weighted by Gasteiger charge is -2.45. The Labute approximate surface area is 220 Å². The van der Waals surface area contributed by atoms with Crippen LogP contribution in [-0.2, 0) is 17.5 Å². The third kappa shape index (κ3) is 4.57. The van der Waals surface area contributed by atoms with Crippen molar-refractivity contribution >= 4 is 17.5 Å². The van der Waals surface area contributed by atoms with E-state index in [1.807, 2.05) is 25.1 Å². The van der Waals surface area contributed by atoms with Crippen LogP contribution in [0.4, 0.5) is 13.2 Å². The second kappa shape index (κ2) is 9.27. The number of likely N-dealkylation sites (tertiary alicyclic amines) is 2. The first-order valence-corrected chi connectivity index (χ1v) is 13.6. The molecule has 3 saturated heterocycles. The number of benzene rings is 1. The number of nitrogens with zero attached hydrogens (tertiary/aromatic N) is 5. The highest BCUT2D eigenvalue weighted by Gasteiger charge is 2.50. The monoisotopic (exact) mass is 535 g/mol. The molecule has 1 amide bonds. The first-order chi connectivity index (χ1) is 17.6. The highest BCUT2D eigenvalue weighted by Crippen LogP contribution is 2.45. The minimum atomic E-state index is -4.56. The van der Waals surface area contributed by atoms with Gasteiger partial charge in [0.05, 0.1) is 11.7 Å². The fourth-order valence-electron chi connectivity index (χ4n) is 6.91. The van der Waals surface area contributed by atoms with Crippen molar-refractivity contribution in [3.8, 4) is 0 Å². The number of amides is 1. The highest BCUT2D eigenvalue weighted by molar-refractivity contribution is 6.32. The molecule has 6 rings (SSSR count). The molecule has 4 atom stereocenters. The Morgan fingerprint density at radius 2 is 1.81 bits per heavy atom. The zero-order valence-electron chi connectivity index (χ0n) is 21.2. The molecule has 1 aliphatic carbocycles. The second-order valence-corrected chi connectivity index (χ2v) is 11.7. The molecule has 2 bridgehead atoms. The zero-order valence-corrected chi connectivity index (χ0v) is 22.0. The van der Waals surface area contributed by atoms with Gasteiger partial charge in [-0.15, -0.1) is 0 Å². The number of carbonyl (C=O) groups is 1. The van der Waals surface area contributed by atoms with Crippen molar-refractivity contribution in [1.29, 1.82) is 0 Å². The van der Waals surface area contributed by atoms with E-state index in [1.165, 1.54) is 0 Å². The summed E-state index contributed by atoms with van der Waals surface area (Å²) in [6.07, 6.45) is 0.149. The fourth-order valence-corrected chi connectivity index (χ4v) is 7.15.